The van der Waals surface area contributed by atoms with Gasteiger partial charge in [-0.05, 0) is 12.1 Å². The third kappa shape index (κ3) is 1.18. The fraction of sp³-hybridized carbons (Fsp3) is 0. The predicted octanol–water partition coefficient (Wildman–Crippen LogP) is 2.71. The third-order valence-corrected chi connectivity index (χ3v) is 1.79. The van der Waals surface area contributed by atoms with Gasteiger partial charge in [0.15, 0.2) is 0 Å². The highest BCUT2D eigenvalue weighted by molar-refractivity contribution is 6.38. The molecule has 0 aliphatic heterocycles. The summed E-state index contributed by atoms with van der Waals surface area (Å²) >= 11 is 10.9. The van der Waals surface area contributed by atoms with E-state index in [1.807, 2.05) is 0 Å². The third-order valence-electron chi connectivity index (χ3n) is 1.08. The van der Waals surface area contributed by atoms with Crippen molar-refractivity contribution >= 4 is 28.9 Å². The van der Waals surface area contributed by atoms with E-state index in [4.69, 9.17) is 28.9 Å². The van der Waals surface area contributed by atoms with Gasteiger partial charge in [0.05, 0.1) is 10.7 Å². The van der Waals surface area contributed by atoms with Crippen LogP contribution >= 0.6 is 23.2 Å². The van der Waals surface area contributed by atoms with E-state index in [9.17, 15) is 4.39 Å². The average Bonchev–Trinajstić information content (AvgIpc) is 1.93. The molecule has 1 rings (SSSR count). The van der Waals surface area contributed by atoms with Gasteiger partial charge in [0.1, 0.15) is 10.8 Å². The largest absolute Gasteiger partial charge is 0.396 e. The van der Waals surface area contributed by atoms with Gasteiger partial charge in [-0.15, -0.1) is 0 Å². The Bertz CT molecular complexity index is 235. The van der Waals surface area contributed by atoms with Crippen LogP contribution in [0, 0.1) is 5.82 Å². The van der Waals surface area contributed by atoms with E-state index in [0.29, 0.717) is 0 Å². The van der Waals surface area contributed by atoms with Gasteiger partial charge >= 0.3 is 0 Å². The summed E-state index contributed by atoms with van der Waals surface area (Å²) in [6.07, 6.45) is 0. The highest BCUT2D eigenvalue weighted by atomic mass is 35.5. The maximum absolute atomic E-state index is 12.5. The standard InChI is InChI=1S/C6H4Cl2FN/c7-3-1-2-4(9)5(8)6(3)10/h1-2H,10H2. The van der Waals surface area contributed by atoms with Gasteiger partial charge in [0, 0.05) is 0 Å². The molecule has 0 bridgehead atoms. The molecule has 1 nitrogen and oxygen atoms in total. The number of rotatable bonds is 0. The van der Waals surface area contributed by atoms with Gasteiger partial charge in [0.2, 0.25) is 0 Å². The lowest BCUT2D eigenvalue weighted by Gasteiger charge is -1.99. The van der Waals surface area contributed by atoms with Crippen molar-refractivity contribution in [1.82, 2.24) is 0 Å². The Morgan fingerprint density at radius 2 is 1.90 bits per heavy atom. The number of nitrogen functional groups attached to an aromatic ring is 1. The molecule has 54 valence electrons. The maximum Gasteiger partial charge on any atom is 0.144 e. The van der Waals surface area contributed by atoms with Crippen molar-refractivity contribution in [2.45, 2.75) is 0 Å². The summed E-state index contributed by atoms with van der Waals surface area (Å²) in [5, 5.41) is 0.152. The summed E-state index contributed by atoms with van der Waals surface area (Å²) in [6.45, 7) is 0. The summed E-state index contributed by atoms with van der Waals surface area (Å²) < 4.78 is 12.5. The lowest BCUT2D eigenvalue weighted by Crippen LogP contribution is -1.89. The molecule has 0 radical (unpaired) electrons. The molecule has 0 amide bonds. The molecule has 2 N–H and O–H groups in total. The van der Waals surface area contributed by atoms with E-state index < -0.39 is 5.82 Å². The maximum atomic E-state index is 12.5. The molecule has 0 spiro atoms. The number of benzene rings is 1. The summed E-state index contributed by atoms with van der Waals surface area (Å²) in [6, 6.07) is 2.53. The first-order chi connectivity index (χ1) is 4.63. The molecule has 1 aromatic carbocycles. The van der Waals surface area contributed by atoms with Gasteiger partial charge in [-0.2, -0.15) is 0 Å². The Kier molecular flexibility index (Phi) is 2.02. The Morgan fingerprint density at radius 3 is 2.40 bits per heavy atom. The summed E-state index contributed by atoms with van der Waals surface area (Å²) in [5.74, 6) is -0.552. The second-order valence-electron chi connectivity index (χ2n) is 1.76. The van der Waals surface area contributed by atoms with Crippen molar-refractivity contribution in [3.05, 3.63) is 28.0 Å². The molecular formula is C6H4Cl2FN. The number of hydrogen-bond donors (Lipinski definition) is 1. The van der Waals surface area contributed by atoms with Crippen LogP contribution in [0.3, 0.4) is 0 Å². The van der Waals surface area contributed by atoms with Crippen molar-refractivity contribution in [2.24, 2.45) is 0 Å². The molecule has 1 aromatic rings. The van der Waals surface area contributed by atoms with E-state index in [1.165, 1.54) is 12.1 Å². The zero-order valence-electron chi connectivity index (χ0n) is 4.87. The summed E-state index contributed by atoms with van der Waals surface area (Å²) in [4.78, 5) is 0. The van der Waals surface area contributed by atoms with E-state index in [1.54, 1.807) is 0 Å². The molecule has 0 unspecified atom stereocenters. The summed E-state index contributed by atoms with van der Waals surface area (Å²) in [5.41, 5.74) is 5.37. The number of halogens is 3. The smallest absolute Gasteiger partial charge is 0.144 e. The van der Waals surface area contributed by atoms with Crippen LogP contribution in [0.1, 0.15) is 0 Å². The molecule has 0 atom stereocenters. The molecule has 0 heterocycles. The Balaban J connectivity index is 3.34. The van der Waals surface area contributed by atoms with Crippen molar-refractivity contribution in [3.8, 4) is 0 Å². The SMILES string of the molecule is Nc1c(Cl)ccc(F)c1Cl. The van der Waals surface area contributed by atoms with Gasteiger partial charge < -0.3 is 5.73 Å². The van der Waals surface area contributed by atoms with Crippen molar-refractivity contribution in [1.29, 1.82) is 0 Å². The number of hydrogen-bond acceptors (Lipinski definition) is 1. The highest BCUT2D eigenvalue weighted by Gasteiger charge is 2.05. The normalized spacial score (nSPS) is 9.90. The zero-order chi connectivity index (χ0) is 7.72. The lowest BCUT2D eigenvalue weighted by molar-refractivity contribution is 0.629. The minimum Gasteiger partial charge on any atom is -0.396 e. The monoisotopic (exact) mass is 179 g/mol. The van der Waals surface area contributed by atoms with E-state index in [2.05, 4.69) is 0 Å². The number of nitrogens with two attached hydrogens (primary N) is 1. The van der Waals surface area contributed by atoms with Crippen molar-refractivity contribution < 1.29 is 4.39 Å². The zero-order valence-corrected chi connectivity index (χ0v) is 6.38. The van der Waals surface area contributed by atoms with Crippen LogP contribution in [-0.2, 0) is 0 Å². The molecule has 0 aliphatic rings. The quantitative estimate of drug-likeness (QED) is 0.482. The van der Waals surface area contributed by atoms with Crippen LogP contribution < -0.4 is 5.73 Å². The molecule has 0 aromatic heterocycles. The second kappa shape index (κ2) is 2.64. The molecule has 10 heavy (non-hydrogen) atoms. The first-order valence-corrected chi connectivity index (χ1v) is 3.27. The fourth-order valence-corrected chi connectivity index (χ4v) is 0.913. The van der Waals surface area contributed by atoms with Crippen LogP contribution in [0.5, 0.6) is 0 Å². The van der Waals surface area contributed by atoms with E-state index in [0.717, 1.165) is 0 Å². The average molecular weight is 180 g/mol. The van der Waals surface area contributed by atoms with Gasteiger partial charge in [-0.3, -0.25) is 0 Å². The van der Waals surface area contributed by atoms with Crippen LogP contribution in [-0.4, -0.2) is 0 Å². The minimum absolute atomic E-state index is 0.0864. The Morgan fingerprint density at radius 1 is 1.30 bits per heavy atom. The van der Waals surface area contributed by atoms with Crippen molar-refractivity contribution in [2.75, 3.05) is 5.73 Å². The lowest BCUT2D eigenvalue weighted by atomic mass is 10.3. The van der Waals surface area contributed by atoms with Crippen molar-refractivity contribution in [3.63, 3.8) is 0 Å². The van der Waals surface area contributed by atoms with Gasteiger partial charge in [-0.25, -0.2) is 4.39 Å². The van der Waals surface area contributed by atoms with Gasteiger partial charge in [-0.1, -0.05) is 23.2 Å². The molecule has 0 fully saturated rings. The Labute approximate surface area is 67.5 Å². The molecule has 0 saturated heterocycles. The highest BCUT2D eigenvalue weighted by Crippen LogP contribution is 2.28. The fourth-order valence-electron chi connectivity index (χ4n) is 0.543. The summed E-state index contributed by atoms with van der Waals surface area (Å²) in [7, 11) is 0. The molecule has 4 heteroatoms. The van der Waals surface area contributed by atoms with Crippen LogP contribution in [0.2, 0.25) is 10.0 Å². The molecular weight excluding hydrogens is 176 g/mol. The first kappa shape index (κ1) is 7.63. The topological polar surface area (TPSA) is 26.0 Å². The second-order valence-corrected chi connectivity index (χ2v) is 2.54. The predicted molar refractivity (Wildman–Crippen MR) is 40.8 cm³/mol. The first-order valence-electron chi connectivity index (χ1n) is 2.52. The van der Waals surface area contributed by atoms with Gasteiger partial charge in [0.25, 0.3) is 0 Å². The van der Waals surface area contributed by atoms with Crippen LogP contribution in [0.15, 0.2) is 12.1 Å². The number of anilines is 1. The molecule has 0 aliphatic carbocycles. The van der Waals surface area contributed by atoms with E-state index >= 15 is 0 Å². The minimum atomic E-state index is -0.552. The Hall–Kier alpha value is -0.470. The van der Waals surface area contributed by atoms with Crippen LogP contribution in [0.4, 0.5) is 10.1 Å². The van der Waals surface area contributed by atoms with Crippen LogP contribution in [0.25, 0.3) is 0 Å². The van der Waals surface area contributed by atoms with E-state index in [-0.39, 0.29) is 15.7 Å². The molecule has 0 saturated carbocycles.